The van der Waals surface area contributed by atoms with Crippen LogP contribution in [0.25, 0.3) is 16.9 Å². The van der Waals surface area contributed by atoms with Crippen molar-refractivity contribution in [3.8, 4) is 16.9 Å². The fourth-order valence-corrected chi connectivity index (χ4v) is 6.61. The van der Waals surface area contributed by atoms with Crippen LogP contribution >= 0.6 is 0 Å². The standard InChI is InChI=1S/C30H31N5O6/c1-15-12-16(2)23(17(3)13-15)21-14-22(41-31-21)18(4)40-32-24-20-10-11-33-29(37)34(19-8-6-5-7-9-19)30(38)35(33)25(20)26(36)28-27(24)39-28/h5-9,12-14,18,20,25-28,36H,10-11H2,1-4H3/b32-24-/t18-,20+,25+,26-,27+,28-/m0/s1. The molecule has 2 fully saturated rings. The summed E-state index contributed by atoms with van der Waals surface area (Å²) in [6.07, 6.45) is -1.92. The number of ether oxygens (including phenoxy) is 1. The third-order valence-electron chi connectivity index (χ3n) is 8.48. The molecule has 11 nitrogen and oxygen atoms in total. The van der Waals surface area contributed by atoms with E-state index in [1.165, 1.54) is 14.9 Å². The number of benzene rings is 2. The Bertz CT molecular complexity index is 1770. The predicted molar refractivity (Wildman–Crippen MR) is 149 cm³/mol. The fraction of sp³-hybridized carbons (Fsp3) is 0.400. The second kappa shape index (κ2) is 9.42. The highest BCUT2D eigenvalue weighted by Crippen LogP contribution is 2.46. The number of aliphatic hydroxyl groups excluding tert-OH is 1. The molecule has 7 rings (SSSR count). The van der Waals surface area contributed by atoms with Crippen molar-refractivity contribution >= 4 is 5.71 Å². The van der Waals surface area contributed by atoms with Crippen molar-refractivity contribution in [1.29, 1.82) is 0 Å². The number of oxime groups is 1. The Kier molecular flexibility index (Phi) is 5.91. The first kappa shape index (κ1) is 25.7. The van der Waals surface area contributed by atoms with Gasteiger partial charge in [-0.05, 0) is 57.4 Å². The SMILES string of the molecule is Cc1cc(C)c(-c2cc([C@H](C)O/N=C3/[C@H]4CCn5c(=O)n(-c6ccccc6)c(=O)n5[C@H]4[C@H](O)[C@@H]4O[C@H]34)on2)c(C)c1. The van der Waals surface area contributed by atoms with Crippen LogP contribution in [-0.4, -0.2) is 48.2 Å². The maximum atomic E-state index is 13.6. The van der Waals surface area contributed by atoms with Crippen LogP contribution in [0.5, 0.6) is 0 Å². The van der Waals surface area contributed by atoms with Crippen molar-refractivity contribution in [2.75, 3.05) is 0 Å². The van der Waals surface area contributed by atoms with Gasteiger partial charge in [0.05, 0.1) is 17.4 Å². The zero-order valence-electron chi connectivity index (χ0n) is 23.2. The molecule has 0 amide bonds. The minimum absolute atomic E-state index is 0.300. The minimum atomic E-state index is -0.963. The Balaban J connectivity index is 1.18. The summed E-state index contributed by atoms with van der Waals surface area (Å²) in [6.45, 7) is 8.30. The first-order chi connectivity index (χ1) is 19.7. The Morgan fingerprint density at radius 3 is 2.54 bits per heavy atom. The molecule has 6 atom stereocenters. The molecule has 1 saturated carbocycles. The van der Waals surface area contributed by atoms with Crippen LogP contribution in [0.4, 0.5) is 0 Å². The van der Waals surface area contributed by atoms with E-state index in [2.05, 4.69) is 43.2 Å². The number of fused-ring (bicyclic) bond motifs is 4. The van der Waals surface area contributed by atoms with E-state index in [1.54, 1.807) is 24.3 Å². The molecule has 2 aliphatic heterocycles. The average molecular weight is 558 g/mol. The molecule has 1 saturated heterocycles. The van der Waals surface area contributed by atoms with E-state index in [9.17, 15) is 14.7 Å². The molecule has 2 aromatic carbocycles. The maximum Gasteiger partial charge on any atom is 0.352 e. The maximum absolute atomic E-state index is 13.6. The normalized spacial score (nSPS) is 26.3. The van der Waals surface area contributed by atoms with Gasteiger partial charge in [-0.2, -0.15) is 0 Å². The number of aryl methyl sites for hydroxylation is 3. The van der Waals surface area contributed by atoms with E-state index in [4.69, 9.17) is 14.1 Å². The van der Waals surface area contributed by atoms with Crippen LogP contribution in [0.2, 0.25) is 0 Å². The summed E-state index contributed by atoms with van der Waals surface area (Å²) in [7, 11) is 0. The lowest BCUT2D eigenvalue weighted by molar-refractivity contribution is 0.0266. The largest absolute Gasteiger partial charge is 0.388 e. The number of epoxide rings is 1. The highest BCUT2D eigenvalue weighted by Gasteiger charge is 2.61. The summed E-state index contributed by atoms with van der Waals surface area (Å²) in [5.41, 5.74) is 5.36. The van der Waals surface area contributed by atoms with Crippen LogP contribution in [0.1, 0.15) is 47.9 Å². The molecule has 4 aromatic rings. The molecule has 0 radical (unpaired) electrons. The van der Waals surface area contributed by atoms with Gasteiger partial charge >= 0.3 is 11.4 Å². The molecular formula is C30H31N5O6. The molecule has 0 spiro atoms. The molecule has 0 unspecified atom stereocenters. The second-order valence-corrected chi connectivity index (χ2v) is 11.3. The van der Waals surface area contributed by atoms with Crippen molar-refractivity contribution in [3.05, 3.63) is 92.0 Å². The molecule has 41 heavy (non-hydrogen) atoms. The van der Waals surface area contributed by atoms with Crippen molar-refractivity contribution in [2.24, 2.45) is 11.1 Å². The smallest absolute Gasteiger partial charge is 0.352 e. The monoisotopic (exact) mass is 557 g/mol. The summed E-state index contributed by atoms with van der Waals surface area (Å²) in [6, 6.07) is 14.2. The van der Waals surface area contributed by atoms with Gasteiger partial charge in [0.15, 0.2) is 11.9 Å². The predicted octanol–water partition coefficient (Wildman–Crippen LogP) is 3.22. The molecule has 3 aliphatic rings. The van der Waals surface area contributed by atoms with Crippen molar-refractivity contribution in [3.63, 3.8) is 0 Å². The van der Waals surface area contributed by atoms with Crippen LogP contribution < -0.4 is 11.4 Å². The summed E-state index contributed by atoms with van der Waals surface area (Å²) < 4.78 is 15.4. The van der Waals surface area contributed by atoms with E-state index >= 15 is 0 Å². The van der Waals surface area contributed by atoms with Gasteiger partial charge in [0.1, 0.15) is 24.0 Å². The van der Waals surface area contributed by atoms with Crippen LogP contribution in [0.3, 0.4) is 0 Å². The van der Waals surface area contributed by atoms with E-state index in [-0.39, 0.29) is 5.92 Å². The van der Waals surface area contributed by atoms with Crippen molar-refractivity contribution in [2.45, 2.75) is 71.1 Å². The molecule has 2 aromatic heterocycles. The van der Waals surface area contributed by atoms with Gasteiger partial charge < -0.3 is 19.2 Å². The van der Waals surface area contributed by atoms with Gasteiger partial charge in [-0.1, -0.05) is 46.2 Å². The number of aliphatic hydroxyl groups is 1. The fourth-order valence-electron chi connectivity index (χ4n) is 6.61. The quantitative estimate of drug-likeness (QED) is 0.295. The molecular weight excluding hydrogens is 526 g/mol. The number of nitrogens with zero attached hydrogens (tertiary/aromatic N) is 5. The Labute approximate surface area is 235 Å². The van der Waals surface area contributed by atoms with Crippen LogP contribution in [0, 0.1) is 26.7 Å². The first-order valence-corrected chi connectivity index (χ1v) is 13.9. The van der Waals surface area contributed by atoms with Gasteiger partial charge in [-0.25, -0.2) is 23.5 Å². The third-order valence-corrected chi connectivity index (χ3v) is 8.48. The van der Waals surface area contributed by atoms with E-state index < -0.39 is 41.8 Å². The first-order valence-electron chi connectivity index (χ1n) is 13.9. The molecule has 1 N–H and O–H groups in total. The Morgan fingerprint density at radius 2 is 1.80 bits per heavy atom. The lowest BCUT2D eigenvalue weighted by Gasteiger charge is -2.38. The number of para-hydroxylation sites is 1. The van der Waals surface area contributed by atoms with E-state index in [0.29, 0.717) is 30.1 Å². The lowest BCUT2D eigenvalue weighted by atomic mass is 9.78. The van der Waals surface area contributed by atoms with Gasteiger partial charge in [0.25, 0.3) is 0 Å². The molecule has 11 heteroatoms. The zero-order valence-corrected chi connectivity index (χ0v) is 23.2. The highest BCUT2D eigenvalue weighted by molar-refractivity contribution is 5.94. The Morgan fingerprint density at radius 1 is 1.07 bits per heavy atom. The van der Waals surface area contributed by atoms with Gasteiger partial charge in [-0.3, -0.25) is 0 Å². The highest BCUT2D eigenvalue weighted by atomic mass is 16.7. The Hall–Kier alpha value is -4.22. The van der Waals surface area contributed by atoms with Crippen molar-refractivity contribution in [1.82, 2.24) is 19.1 Å². The van der Waals surface area contributed by atoms with E-state index in [1.807, 2.05) is 19.1 Å². The van der Waals surface area contributed by atoms with Crippen molar-refractivity contribution < 1.29 is 19.2 Å². The average Bonchev–Trinajstić information content (AvgIpc) is 3.53. The van der Waals surface area contributed by atoms with Crippen LogP contribution in [-0.2, 0) is 16.1 Å². The number of hydrogen-bond acceptors (Lipinski definition) is 8. The van der Waals surface area contributed by atoms with Gasteiger partial charge in [0.2, 0.25) is 0 Å². The van der Waals surface area contributed by atoms with E-state index in [0.717, 1.165) is 27.0 Å². The molecule has 1 aliphatic carbocycles. The second-order valence-electron chi connectivity index (χ2n) is 11.3. The number of rotatable bonds is 5. The van der Waals surface area contributed by atoms with Crippen LogP contribution in [0.15, 0.2) is 67.8 Å². The summed E-state index contributed by atoms with van der Waals surface area (Å²) >= 11 is 0. The van der Waals surface area contributed by atoms with Gasteiger partial charge in [-0.15, -0.1) is 0 Å². The molecule has 0 bridgehead atoms. The molecule has 212 valence electrons. The summed E-state index contributed by atoms with van der Waals surface area (Å²) in [5.74, 6) is 0.186. The minimum Gasteiger partial charge on any atom is -0.388 e. The topological polar surface area (TPSA) is 129 Å². The number of hydrogen-bond donors (Lipinski definition) is 1. The molecule has 4 heterocycles. The summed E-state index contributed by atoms with van der Waals surface area (Å²) in [4.78, 5) is 32.7. The van der Waals surface area contributed by atoms with Gasteiger partial charge in [0, 0.05) is 24.1 Å². The third kappa shape index (κ3) is 4.02. The zero-order chi connectivity index (χ0) is 28.6. The summed E-state index contributed by atoms with van der Waals surface area (Å²) in [5, 5.41) is 20.0. The number of aromatic nitrogens is 4. The lowest BCUT2D eigenvalue weighted by Crippen LogP contribution is -2.53.